The Bertz CT molecular complexity index is 1840. The highest BCUT2D eigenvalue weighted by Gasteiger charge is 2.53. The van der Waals surface area contributed by atoms with E-state index in [0.29, 0.717) is 72.2 Å². The van der Waals surface area contributed by atoms with Crippen molar-refractivity contribution < 1.29 is 9.13 Å². The molecule has 3 saturated heterocycles. The van der Waals surface area contributed by atoms with Gasteiger partial charge >= 0.3 is 6.01 Å². The van der Waals surface area contributed by atoms with Crippen LogP contribution in [0.5, 0.6) is 6.01 Å². The molecule has 4 aliphatic rings. The van der Waals surface area contributed by atoms with Crippen molar-refractivity contribution in [3.63, 3.8) is 0 Å². The van der Waals surface area contributed by atoms with E-state index in [2.05, 4.69) is 26.9 Å². The number of fused-ring (bicyclic) bond motifs is 4. The number of thioether (sulfide) groups is 1. The van der Waals surface area contributed by atoms with Gasteiger partial charge in [0, 0.05) is 60.8 Å². The van der Waals surface area contributed by atoms with E-state index >= 15 is 0 Å². The predicted molar refractivity (Wildman–Crippen MR) is 163 cm³/mol. The molecule has 0 unspecified atom stereocenters. The highest BCUT2D eigenvalue weighted by molar-refractivity contribution is 8.00. The van der Waals surface area contributed by atoms with E-state index in [0.717, 1.165) is 36.3 Å². The monoisotopic (exact) mass is 613 g/mol. The van der Waals surface area contributed by atoms with Gasteiger partial charge in [-0.1, -0.05) is 6.07 Å². The van der Waals surface area contributed by atoms with Crippen LogP contribution in [0.25, 0.3) is 11.0 Å². The van der Waals surface area contributed by atoms with E-state index in [1.165, 1.54) is 16.2 Å². The maximum atomic E-state index is 14.5. The number of pyridine rings is 1. The van der Waals surface area contributed by atoms with Crippen molar-refractivity contribution in [3.8, 4) is 18.1 Å². The quantitative estimate of drug-likeness (QED) is 0.338. The third-order valence-electron chi connectivity index (χ3n) is 9.35. The van der Waals surface area contributed by atoms with Gasteiger partial charge in [0.05, 0.1) is 33.3 Å². The van der Waals surface area contributed by atoms with E-state index < -0.39 is 6.17 Å². The third-order valence-corrected chi connectivity index (χ3v) is 12.0. The number of halogens is 1. The highest BCUT2D eigenvalue weighted by atomic mass is 32.2. The van der Waals surface area contributed by atoms with Gasteiger partial charge < -0.3 is 19.9 Å². The lowest BCUT2D eigenvalue weighted by Crippen LogP contribution is -2.57. The maximum Gasteiger partial charge on any atom is 0.320 e. The highest BCUT2D eigenvalue weighted by Crippen LogP contribution is 2.58. The molecule has 10 nitrogen and oxygen atoms in total. The number of thiophene rings is 1. The molecule has 2 atom stereocenters. The van der Waals surface area contributed by atoms with Crippen molar-refractivity contribution in [1.29, 1.82) is 10.5 Å². The topological polar surface area (TPSA) is 133 Å². The van der Waals surface area contributed by atoms with Gasteiger partial charge in [0.15, 0.2) is 5.65 Å². The molecule has 1 spiro atoms. The molecule has 3 fully saturated rings. The van der Waals surface area contributed by atoms with Crippen LogP contribution in [0, 0.1) is 22.7 Å². The van der Waals surface area contributed by atoms with Gasteiger partial charge in [-0.05, 0) is 31.0 Å². The van der Waals surface area contributed by atoms with E-state index in [9.17, 15) is 14.9 Å². The molecule has 0 aromatic carbocycles. The van der Waals surface area contributed by atoms with Crippen LogP contribution < -0.4 is 15.4 Å². The molecule has 8 rings (SSSR count). The number of nitrogen functional groups attached to an aromatic ring is 1. The Balaban J connectivity index is 1.18. The fraction of sp³-hybridized carbons (Fsp3) is 0.433. The normalized spacial score (nSPS) is 23.7. The van der Waals surface area contributed by atoms with Gasteiger partial charge in [-0.15, -0.1) is 23.1 Å². The van der Waals surface area contributed by atoms with Crippen molar-refractivity contribution >= 4 is 45.0 Å². The Kier molecular flexibility index (Phi) is 6.09. The first-order valence-corrected chi connectivity index (χ1v) is 16.1. The van der Waals surface area contributed by atoms with Gasteiger partial charge in [-0.2, -0.15) is 20.5 Å². The zero-order chi connectivity index (χ0) is 29.3. The maximum absolute atomic E-state index is 14.5. The molecule has 0 radical (unpaired) electrons. The molecule has 8 heterocycles. The summed E-state index contributed by atoms with van der Waals surface area (Å²) in [6, 6.07) is 8.77. The first-order chi connectivity index (χ1) is 20.9. The molecule has 0 saturated carbocycles. The van der Waals surface area contributed by atoms with Crippen molar-refractivity contribution in [3.05, 3.63) is 57.9 Å². The first kappa shape index (κ1) is 26.7. The molecular weight excluding hydrogens is 586 g/mol. The summed E-state index contributed by atoms with van der Waals surface area (Å²) in [4.78, 5) is 19.5. The standard InChI is InChI=1S/C30H28FN9OS2/c31-20-7-29(4-2-6-40(29)13-20)17-41-28-36-26-23(19(8-32)12-38(26)11-18-3-1-5-35-10-18)27(37-28)39-15-30(16-39)24-21(9-33)25(34)43-22(24)14-42-30/h1,3,5,10,12,20H,2,4,6-7,11,13-17,34H2/t20-,29+/m1/s1. The molecular formula is C30H28FN9OS2. The molecule has 4 aromatic rings. The summed E-state index contributed by atoms with van der Waals surface area (Å²) in [5.41, 5.74) is 9.57. The molecule has 0 amide bonds. The number of anilines is 2. The minimum absolute atomic E-state index is 0.222. The number of ether oxygens (including phenoxy) is 1. The van der Waals surface area contributed by atoms with Crippen molar-refractivity contribution in [1.82, 2.24) is 24.4 Å². The Morgan fingerprint density at radius 2 is 2.12 bits per heavy atom. The lowest BCUT2D eigenvalue weighted by Gasteiger charge is -2.48. The van der Waals surface area contributed by atoms with E-state index in [1.54, 1.807) is 12.4 Å². The summed E-state index contributed by atoms with van der Waals surface area (Å²) in [5.74, 6) is 1.46. The second kappa shape index (κ2) is 9.81. The number of hydrogen-bond donors (Lipinski definition) is 1. The summed E-state index contributed by atoms with van der Waals surface area (Å²) in [6.07, 6.45) is 6.85. The third kappa shape index (κ3) is 4.09. The SMILES string of the molecule is N#Cc1c(N)sc2c1C1(CN(c3nc(OC[C@@]45CCCN4C[C@H](F)C5)nc4c3c(C#N)cn4Cc3cccnc3)C1)SC2. The smallest absolute Gasteiger partial charge is 0.320 e. The average molecular weight is 614 g/mol. The average Bonchev–Trinajstić information content (AvgIpc) is 3.77. The molecule has 4 aliphatic heterocycles. The van der Waals surface area contributed by atoms with Crippen LogP contribution >= 0.6 is 23.1 Å². The Hall–Kier alpha value is -3.91. The second-order valence-electron chi connectivity index (χ2n) is 11.9. The predicted octanol–water partition coefficient (Wildman–Crippen LogP) is 4.18. The number of hydrogen-bond acceptors (Lipinski definition) is 11. The number of rotatable bonds is 6. The molecule has 218 valence electrons. The van der Waals surface area contributed by atoms with Crippen LogP contribution in [0.3, 0.4) is 0 Å². The number of aromatic nitrogens is 4. The van der Waals surface area contributed by atoms with Gasteiger partial charge in [0.25, 0.3) is 0 Å². The van der Waals surface area contributed by atoms with Crippen LogP contribution in [-0.4, -0.2) is 68.9 Å². The largest absolute Gasteiger partial charge is 0.461 e. The summed E-state index contributed by atoms with van der Waals surface area (Å²) in [7, 11) is 0. The molecule has 43 heavy (non-hydrogen) atoms. The molecule has 4 aromatic heterocycles. The number of nitrogens with zero attached hydrogens (tertiary/aromatic N) is 8. The zero-order valence-corrected chi connectivity index (χ0v) is 24.9. The molecule has 0 bridgehead atoms. The van der Waals surface area contributed by atoms with Gasteiger partial charge in [-0.25, -0.2) is 4.39 Å². The molecule has 13 heteroatoms. The fourth-order valence-electron chi connectivity index (χ4n) is 7.42. The van der Waals surface area contributed by atoms with Crippen LogP contribution in [0.1, 0.15) is 46.4 Å². The zero-order valence-electron chi connectivity index (χ0n) is 23.3. The van der Waals surface area contributed by atoms with E-state index in [4.69, 9.17) is 20.4 Å². The van der Waals surface area contributed by atoms with Gasteiger partial charge in [-0.3, -0.25) is 9.88 Å². The summed E-state index contributed by atoms with van der Waals surface area (Å²) in [5, 5.41) is 21.3. The Morgan fingerprint density at radius 1 is 1.23 bits per heavy atom. The van der Waals surface area contributed by atoms with Gasteiger partial charge in [0.1, 0.15) is 35.7 Å². The number of nitrogens with two attached hydrogens (primary N) is 1. The lowest BCUT2D eigenvalue weighted by molar-refractivity contribution is 0.107. The second-order valence-corrected chi connectivity index (χ2v) is 14.4. The molecule has 2 N–H and O–H groups in total. The van der Waals surface area contributed by atoms with Crippen LogP contribution in [0.4, 0.5) is 15.2 Å². The van der Waals surface area contributed by atoms with Crippen molar-refractivity contribution in [2.75, 3.05) is 43.4 Å². The lowest BCUT2D eigenvalue weighted by atomic mass is 9.88. The minimum Gasteiger partial charge on any atom is -0.461 e. The van der Waals surface area contributed by atoms with Crippen LogP contribution in [0.15, 0.2) is 30.7 Å². The molecule has 0 aliphatic carbocycles. The van der Waals surface area contributed by atoms with Crippen molar-refractivity contribution in [2.45, 2.75) is 48.0 Å². The Labute approximate surface area is 255 Å². The fourth-order valence-corrected chi connectivity index (χ4v) is 10.2. The number of nitriles is 2. The van der Waals surface area contributed by atoms with Crippen LogP contribution in [0.2, 0.25) is 0 Å². The van der Waals surface area contributed by atoms with E-state index in [-0.39, 0.29) is 16.3 Å². The van der Waals surface area contributed by atoms with E-state index in [1.807, 2.05) is 34.7 Å². The minimum atomic E-state index is -0.853. The first-order valence-electron chi connectivity index (χ1n) is 14.3. The van der Waals surface area contributed by atoms with Crippen molar-refractivity contribution in [2.24, 2.45) is 0 Å². The summed E-state index contributed by atoms with van der Waals surface area (Å²) < 4.78 is 22.5. The van der Waals surface area contributed by atoms with Crippen LogP contribution in [-0.2, 0) is 17.0 Å². The Morgan fingerprint density at radius 3 is 2.91 bits per heavy atom. The number of alkyl halides is 1. The summed E-state index contributed by atoms with van der Waals surface area (Å²) >= 11 is 3.34. The van der Waals surface area contributed by atoms with Gasteiger partial charge in [0.2, 0.25) is 0 Å². The summed E-state index contributed by atoms with van der Waals surface area (Å²) in [6.45, 7) is 3.37.